The minimum absolute atomic E-state index is 0. The molecule has 0 spiro atoms. The molecule has 0 bridgehead atoms. The minimum Gasteiger partial charge on any atom is -0.480 e. The molecule has 2 aromatic rings. The monoisotopic (exact) mass is 934 g/mol. The van der Waals surface area contributed by atoms with Gasteiger partial charge in [-0.2, -0.15) is 0 Å². The summed E-state index contributed by atoms with van der Waals surface area (Å²) in [4.78, 5) is 72.2. The fourth-order valence-electron chi connectivity index (χ4n) is 5.73. The van der Waals surface area contributed by atoms with E-state index in [1.807, 2.05) is 31.1 Å². The van der Waals surface area contributed by atoms with Crippen molar-refractivity contribution in [2.24, 2.45) is 0 Å². The number of anilines is 2. The molecular formula is C34H49LuN9O9S. The predicted octanol–water partition coefficient (Wildman–Crippen LogP) is -0.347. The summed E-state index contributed by atoms with van der Waals surface area (Å²) < 4.78 is 0. The van der Waals surface area contributed by atoms with Crippen LogP contribution < -0.4 is 16.0 Å². The van der Waals surface area contributed by atoms with E-state index in [9.17, 15) is 44.4 Å². The van der Waals surface area contributed by atoms with Crippen LogP contribution in [-0.2, 0) is 25.6 Å². The first-order chi connectivity index (χ1) is 25.2. The van der Waals surface area contributed by atoms with Crippen LogP contribution in [0, 0.1) is 36.9 Å². The van der Waals surface area contributed by atoms with E-state index in [4.69, 9.17) is 12.2 Å². The van der Waals surface area contributed by atoms with E-state index in [1.54, 1.807) is 43.9 Å². The summed E-state index contributed by atoms with van der Waals surface area (Å²) in [6.45, 7) is 1.33. The van der Waals surface area contributed by atoms with Crippen LogP contribution in [0.1, 0.15) is 16.1 Å². The molecule has 1 amide bonds. The molecule has 7 N–H and O–H groups in total. The second-order valence-electron chi connectivity index (χ2n) is 13.0. The van der Waals surface area contributed by atoms with Crippen molar-refractivity contribution in [3.05, 3.63) is 53.9 Å². The summed E-state index contributed by atoms with van der Waals surface area (Å²) in [6, 6.07) is 10.1. The molecule has 1 atom stereocenters. The summed E-state index contributed by atoms with van der Waals surface area (Å²) in [5.74, 6) is -4.57. The van der Waals surface area contributed by atoms with Gasteiger partial charge in [0.2, 0.25) is 0 Å². The number of hydrogen-bond acceptors (Lipinski definition) is 12. The molecule has 3 rings (SSSR count). The summed E-state index contributed by atoms with van der Waals surface area (Å²) in [5, 5.41) is 47.7. The van der Waals surface area contributed by atoms with Gasteiger partial charge in [-0.15, -0.1) is 0 Å². The van der Waals surface area contributed by atoms with Gasteiger partial charge in [0.05, 0.1) is 38.1 Å². The second-order valence-corrected chi connectivity index (χ2v) is 13.4. The molecule has 305 valence electrons. The molecule has 1 radical (unpaired) electrons. The quantitative estimate of drug-likeness (QED) is 0.107. The summed E-state index contributed by atoms with van der Waals surface area (Å²) in [5.41, 5.74) is 2.34. The largest absolute Gasteiger partial charge is 0.480 e. The van der Waals surface area contributed by atoms with E-state index in [2.05, 4.69) is 20.9 Å². The summed E-state index contributed by atoms with van der Waals surface area (Å²) >= 11 is 5.46. The normalized spacial score (nSPS) is 16.6. The SMILES string of the molecule is CN(C)CCNC(=O)c1ccc(NC(=S)Nc2ccc(CC3CN(CC(=O)O)CCN(CC(=O)O)CCN(CC(=O)O)CCN3CC(=O)O)cc2)cn1.[Lu]. The smallest absolute Gasteiger partial charge is 0.317 e. The van der Waals surface area contributed by atoms with Crippen LogP contribution in [0.25, 0.3) is 0 Å². The van der Waals surface area contributed by atoms with Crippen molar-refractivity contribution < 1.29 is 81.3 Å². The van der Waals surface area contributed by atoms with E-state index in [-0.39, 0.29) is 126 Å². The van der Waals surface area contributed by atoms with Crippen LogP contribution >= 0.6 is 12.2 Å². The number of rotatable bonds is 16. The molecule has 1 saturated heterocycles. The van der Waals surface area contributed by atoms with Gasteiger partial charge < -0.3 is 41.3 Å². The molecule has 1 aliphatic heterocycles. The molecule has 1 aliphatic rings. The van der Waals surface area contributed by atoms with Gasteiger partial charge in [-0.25, -0.2) is 4.98 Å². The number of aromatic nitrogens is 1. The number of nitrogens with zero attached hydrogens (tertiary/aromatic N) is 6. The predicted molar refractivity (Wildman–Crippen MR) is 200 cm³/mol. The molecule has 1 aromatic heterocycles. The maximum Gasteiger partial charge on any atom is 0.317 e. The number of amides is 1. The molecule has 2 heterocycles. The maximum atomic E-state index is 12.3. The van der Waals surface area contributed by atoms with E-state index >= 15 is 0 Å². The number of carboxylic acid groups (broad SMARTS) is 4. The Balaban J connectivity index is 0.0000101. The molecule has 1 unspecified atom stereocenters. The van der Waals surface area contributed by atoms with Gasteiger partial charge in [-0.1, -0.05) is 12.1 Å². The number of nitrogens with one attached hydrogen (secondary N) is 3. The first-order valence-corrected chi connectivity index (χ1v) is 17.4. The molecule has 0 saturated carbocycles. The van der Waals surface area contributed by atoms with Crippen LogP contribution in [0.15, 0.2) is 42.6 Å². The third-order valence-corrected chi connectivity index (χ3v) is 8.55. The van der Waals surface area contributed by atoms with Crippen molar-refractivity contribution in [1.29, 1.82) is 0 Å². The van der Waals surface area contributed by atoms with Crippen LogP contribution in [0.4, 0.5) is 11.4 Å². The Labute approximate surface area is 348 Å². The van der Waals surface area contributed by atoms with Gasteiger partial charge in [0.1, 0.15) is 5.69 Å². The van der Waals surface area contributed by atoms with Crippen molar-refractivity contribution in [2.45, 2.75) is 12.5 Å². The number of benzene rings is 1. The number of likely N-dealkylation sites (N-methyl/N-ethyl adjacent to an activating group) is 1. The fraction of sp³-hybridized carbons (Fsp3) is 0.500. The van der Waals surface area contributed by atoms with Gasteiger partial charge in [0.25, 0.3) is 5.91 Å². The standard InChI is InChI=1S/C34H49N9O9S.Lu/c1-39(2)10-9-35-33(52)28-8-7-26(18-36-28)38-34(53)37-25-5-3-24(4-6-25)17-27-19-42(22-31(48)49)14-13-40(20-29(44)45)11-12-41(21-30(46)47)15-16-43(27)23-32(50)51;/h3-8,18,27H,9-17,19-23H2,1-2H3,(H,35,52)(H,44,45)(H,46,47)(H,48,49)(H,50,51)(H2,37,38,53);. The van der Waals surface area contributed by atoms with Crippen molar-refractivity contribution in [3.63, 3.8) is 0 Å². The maximum absolute atomic E-state index is 12.3. The number of carbonyl (C=O) groups is 5. The Morgan fingerprint density at radius 2 is 1.24 bits per heavy atom. The average molecular weight is 935 g/mol. The molecule has 1 fully saturated rings. The third-order valence-electron chi connectivity index (χ3n) is 8.35. The van der Waals surface area contributed by atoms with E-state index in [0.29, 0.717) is 30.9 Å². The molecule has 20 heteroatoms. The van der Waals surface area contributed by atoms with Gasteiger partial charge in [-0.3, -0.25) is 43.6 Å². The molecule has 0 aliphatic carbocycles. The van der Waals surface area contributed by atoms with Gasteiger partial charge in [-0.05, 0) is 62.6 Å². The molecule has 1 aromatic carbocycles. The molecule has 18 nitrogen and oxygen atoms in total. The number of hydrogen-bond donors (Lipinski definition) is 7. The first-order valence-electron chi connectivity index (χ1n) is 17.0. The molecule has 54 heavy (non-hydrogen) atoms. The number of carboxylic acids is 4. The minimum atomic E-state index is -1.09. The van der Waals surface area contributed by atoms with Gasteiger partial charge in [0, 0.05) is 108 Å². The zero-order valence-electron chi connectivity index (χ0n) is 30.2. The summed E-state index contributed by atoms with van der Waals surface area (Å²) in [7, 11) is 3.83. The van der Waals surface area contributed by atoms with Crippen LogP contribution in [0.3, 0.4) is 0 Å². The van der Waals surface area contributed by atoms with Crippen molar-refractivity contribution in [2.75, 3.05) is 110 Å². The topological polar surface area (TPSA) is 231 Å². The summed E-state index contributed by atoms with van der Waals surface area (Å²) in [6.07, 6.45) is 1.84. The first kappa shape index (κ1) is 46.6. The van der Waals surface area contributed by atoms with Crippen molar-refractivity contribution >= 4 is 58.5 Å². The average Bonchev–Trinajstić information content (AvgIpc) is 3.06. The van der Waals surface area contributed by atoms with Crippen molar-refractivity contribution in [1.82, 2.24) is 34.8 Å². The Morgan fingerprint density at radius 1 is 0.741 bits per heavy atom. The van der Waals surface area contributed by atoms with E-state index in [1.165, 1.54) is 6.20 Å². The number of thiocarbonyl (C=S) groups is 1. The Bertz CT molecular complexity index is 1550. The van der Waals surface area contributed by atoms with Crippen LogP contribution in [0.5, 0.6) is 0 Å². The zero-order chi connectivity index (χ0) is 38.9. The fourth-order valence-corrected chi connectivity index (χ4v) is 5.97. The van der Waals surface area contributed by atoms with Gasteiger partial charge in [0.15, 0.2) is 5.11 Å². The Morgan fingerprint density at radius 3 is 1.76 bits per heavy atom. The number of aliphatic carboxylic acids is 4. The Hall–Kier alpha value is -3.56. The van der Waals surface area contributed by atoms with Crippen LogP contribution in [-0.4, -0.2) is 190 Å². The van der Waals surface area contributed by atoms with E-state index in [0.717, 1.165) is 5.56 Å². The van der Waals surface area contributed by atoms with Crippen LogP contribution in [0.2, 0.25) is 0 Å². The Kier molecular flexibility index (Phi) is 20.8. The van der Waals surface area contributed by atoms with Gasteiger partial charge >= 0.3 is 23.9 Å². The second kappa shape index (κ2) is 24.1. The van der Waals surface area contributed by atoms with E-state index < -0.39 is 29.9 Å². The zero-order valence-corrected chi connectivity index (χ0v) is 32.7. The van der Waals surface area contributed by atoms with Crippen molar-refractivity contribution in [3.8, 4) is 0 Å². The number of carbonyl (C=O) groups excluding carboxylic acids is 1. The third kappa shape index (κ3) is 18.2. The molecular weight excluding hydrogens is 885 g/mol. The number of pyridine rings is 1.